The Morgan fingerprint density at radius 2 is 2.23 bits per heavy atom. The molecule has 0 bridgehead atoms. The Hall–Kier alpha value is -1.64. The number of aromatic nitrogens is 2. The van der Waals surface area contributed by atoms with Gasteiger partial charge in [0, 0.05) is 40.7 Å². The van der Waals surface area contributed by atoms with Crippen molar-refractivity contribution in [2.45, 2.75) is 24.7 Å². The van der Waals surface area contributed by atoms with Crippen LogP contribution in [0, 0.1) is 0 Å². The first-order valence-electron chi connectivity index (χ1n) is 9.90. The minimum atomic E-state index is 0.0208. The number of hydrogen-bond donors (Lipinski definition) is 0. The number of thiazole rings is 1. The maximum Gasteiger partial charge on any atom is 0.238 e. The smallest absolute Gasteiger partial charge is 0.238 e. The highest BCUT2D eigenvalue weighted by molar-refractivity contribution is 7.99. The Balaban J connectivity index is 1.49. The Labute approximate surface area is 199 Å². The van der Waals surface area contributed by atoms with Gasteiger partial charge in [0.25, 0.3) is 0 Å². The molecule has 1 aromatic carbocycles. The lowest BCUT2D eigenvalue weighted by Crippen LogP contribution is -2.38. The van der Waals surface area contributed by atoms with E-state index in [4.69, 9.17) is 32.9 Å². The monoisotopic (exact) mass is 493 g/mol. The molecule has 2 aromatic heterocycles. The minimum absolute atomic E-state index is 0.0208. The van der Waals surface area contributed by atoms with E-state index >= 15 is 0 Å². The molecule has 0 spiro atoms. The number of pyridine rings is 1. The van der Waals surface area contributed by atoms with Crippen LogP contribution in [0.4, 0.5) is 5.13 Å². The molecule has 5 nitrogen and oxygen atoms in total. The highest BCUT2D eigenvalue weighted by atomic mass is 35.5. The molecule has 0 saturated carbocycles. The molecule has 1 amide bonds. The molecule has 9 heteroatoms. The van der Waals surface area contributed by atoms with Crippen LogP contribution in [-0.4, -0.2) is 40.9 Å². The second-order valence-corrected chi connectivity index (χ2v) is 9.80. The Bertz CT molecular complexity index is 1030. The standard InChI is InChI=1S/C22H21Cl2N3O2S2/c23-16-5-6-18(19(24)9-16)20-13-31-22(26-20)27(11-17-4-2-8-29-17)21(28)14-30-12-15-3-1-7-25-10-15/h1,3,5-7,9-10,13,17H,2,4,8,11-12,14H2. The third kappa shape index (κ3) is 5.99. The van der Waals surface area contributed by atoms with Crippen molar-refractivity contribution in [2.75, 3.05) is 23.8 Å². The van der Waals surface area contributed by atoms with Crippen molar-refractivity contribution in [3.05, 3.63) is 63.7 Å². The predicted octanol–water partition coefficient (Wildman–Crippen LogP) is 5.96. The van der Waals surface area contributed by atoms with E-state index in [9.17, 15) is 4.79 Å². The van der Waals surface area contributed by atoms with Gasteiger partial charge in [-0.15, -0.1) is 23.1 Å². The molecular weight excluding hydrogens is 473 g/mol. The van der Waals surface area contributed by atoms with Crippen LogP contribution in [0.2, 0.25) is 10.0 Å². The first kappa shape index (κ1) is 22.6. The molecule has 162 valence electrons. The van der Waals surface area contributed by atoms with Crippen molar-refractivity contribution < 1.29 is 9.53 Å². The highest BCUT2D eigenvalue weighted by Crippen LogP contribution is 2.34. The summed E-state index contributed by atoms with van der Waals surface area (Å²) in [4.78, 5) is 23.7. The van der Waals surface area contributed by atoms with Gasteiger partial charge in [-0.3, -0.25) is 14.7 Å². The van der Waals surface area contributed by atoms with Crippen molar-refractivity contribution in [3.8, 4) is 11.3 Å². The second kappa shape index (κ2) is 10.8. The van der Waals surface area contributed by atoms with Gasteiger partial charge in [-0.05, 0) is 42.7 Å². The van der Waals surface area contributed by atoms with Gasteiger partial charge in [-0.25, -0.2) is 4.98 Å². The maximum atomic E-state index is 13.1. The summed E-state index contributed by atoms with van der Waals surface area (Å²) in [6, 6.07) is 9.24. The van der Waals surface area contributed by atoms with Gasteiger partial charge in [-0.1, -0.05) is 29.3 Å². The summed E-state index contributed by atoms with van der Waals surface area (Å²) in [7, 11) is 0. The van der Waals surface area contributed by atoms with Crippen LogP contribution in [-0.2, 0) is 15.3 Å². The first-order valence-corrected chi connectivity index (χ1v) is 12.7. The third-order valence-electron chi connectivity index (χ3n) is 4.86. The number of halogens is 2. The van der Waals surface area contributed by atoms with Crippen LogP contribution in [0.5, 0.6) is 0 Å². The van der Waals surface area contributed by atoms with Gasteiger partial charge < -0.3 is 4.74 Å². The molecule has 3 heterocycles. The predicted molar refractivity (Wildman–Crippen MR) is 129 cm³/mol. The molecule has 1 saturated heterocycles. The number of hydrogen-bond acceptors (Lipinski definition) is 6. The molecule has 1 fully saturated rings. The SMILES string of the molecule is O=C(CSCc1cccnc1)N(CC1CCCO1)c1nc(-c2ccc(Cl)cc2Cl)cs1. The molecule has 1 atom stereocenters. The van der Waals surface area contributed by atoms with Crippen molar-refractivity contribution in [2.24, 2.45) is 0 Å². The zero-order valence-corrected chi connectivity index (χ0v) is 19.8. The van der Waals surface area contributed by atoms with E-state index in [1.165, 1.54) is 11.3 Å². The molecule has 0 aliphatic carbocycles. The Morgan fingerprint density at radius 3 is 2.97 bits per heavy atom. The maximum absolute atomic E-state index is 13.1. The zero-order valence-electron chi connectivity index (χ0n) is 16.7. The van der Waals surface area contributed by atoms with Crippen LogP contribution < -0.4 is 4.90 Å². The van der Waals surface area contributed by atoms with Crippen LogP contribution in [0.3, 0.4) is 0 Å². The number of rotatable bonds is 8. The average molecular weight is 494 g/mol. The van der Waals surface area contributed by atoms with E-state index in [-0.39, 0.29) is 12.0 Å². The van der Waals surface area contributed by atoms with Gasteiger partial charge in [0.1, 0.15) is 0 Å². The van der Waals surface area contributed by atoms with Crippen molar-refractivity contribution >= 4 is 57.3 Å². The molecule has 4 rings (SSSR count). The summed E-state index contributed by atoms with van der Waals surface area (Å²) >= 11 is 15.4. The summed E-state index contributed by atoms with van der Waals surface area (Å²) in [5.41, 5.74) is 2.62. The second-order valence-electron chi connectivity index (χ2n) is 7.13. The molecular formula is C22H21Cl2N3O2S2. The normalized spacial score (nSPS) is 15.9. The minimum Gasteiger partial charge on any atom is -0.376 e. The third-order valence-corrected chi connectivity index (χ3v) is 7.26. The van der Waals surface area contributed by atoms with Gasteiger partial charge in [-0.2, -0.15) is 0 Å². The largest absolute Gasteiger partial charge is 0.376 e. The fourth-order valence-corrected chi connectivity index (χ4v) is 5.50. The number of carbonyl (C=O) groups excluding carboxylic acids is 1. The lowest BCUT2D eigenvalue weighted by Gasteiger charge is -2.23. The zero-order chi connectivity index (χ0) is 21.6. The van der Waals surface area contributed by atoms with Gasteiger partial charge in [0.15, 0.2) is 5.13 Å². The molecule has 1 aliphatic rings. The number of thioether (sulfide) groups is 1. The summed E-state index contributed by atoms with van der Waals surface area (Å²) in [6.07, 6.45) is 5.58. The molecule has 31 heavy (non-hydrogen) atoms. The fourth-order valence-electron chi connectivity index (χ4n) is 3.31. The molecule has 3 aromatic rings. The number of amides is 1. The molecule has 0 radical (unpaired) electrons. The number of nitrogens with zero attached hydrogens (tertiary/aromatic N) is 3. The van der Waals surface area contributed by atoms with Gasteiger partial charge in [0.2, 0.25) is 5.91 Å². The van der Waals surface area contributed by atoms with E-state index in [1.54, 1.807) is 35.0 Å². The summed E-state index contributed by atoms with van der Waals surface area (Å²) in [6.45, 7) is 1.25. The van der Waals surface area contributed by atoms with Crippen molar-refractivity contribution in [1.29, 1.82) is 0 Å². The number of ether oxygens (including phenoxy) is 1. The lowest BCUT2D eigenvalue weighted by atomic mass is 10.2. The van der Waals surface area contributed by atoms with Crippen LogP contribution in [0.1, 0.15) is 18.4 Å². The quantitative estimate of drug-likeness (QED) is 0.387. The fraction of sp³-hybridized carbons (Fsp3) is 0.318. The summed E-state index contributed by atoms with van der Waals surface area (Å²) in [5, 5.41) is 3.69. The van der Waals surface area contributed by atoms with Gasteiger partial charge >= 0.3 is 0 Å². The Morgan fingerprint density at radius 1 is 1.32 bits per heavy atom. The number of benzene rings is 1. The highest BCUT2D eigenvalue weighted by Gasteiger charge is 2.26. The molecule has 1 aliphatic heterocycles. The Kier molecular flexibility index (Phi) is 7.85. The van der Waals surface area contributed by atoms with Crippen LogP contribution in [0.15, 0.2) is 48.1 Å². The topological polar surface area (TPSA) is 55.3 Å². The lowest BCUT2D eigenvalue weighted by molar-refractivity contribution is -0.116. The van der Waals surface area contributed by atoms with Crippen molar-refractivity contribution in [1.82, 2.24) is 9.97 Å². The molecule has 0 N–H and O–H groups in total. The van der Waals surface area contributed by atoms with E-state index in [1.807, 2.05) is 29.8 Å². The summed E-state index contributed by atoms with van der Waals surface area (Å²) in [5.74, 6) is 1.11. The van der Waals surface area contributed by atoms with Gasteiger partial charge in [0.05, 0.1) is 29.1 Å². The van der Waals surface area contributed by atoms with E-state index in [0.717, 1.165) is 42.0 Å². The van der Waals surface area contributed by atoms with E-state index < -0.39 is 0 Å². The first-order chi connectivity index (χ1) is 15.1. The average Bonchev–Trinajstić information content (AvgIpc) is 3.45. The van der Waals surface area contributed by atoms with Crippen LogP contribution >= 0.6 is 46.3 Å². The number of anilines is 1. The van der Waals surface area contributed by atoms with E-state index in [2.05, 4.69) is 4.98 Å². The van der Waals surface area contributed by atoms with E-state index in [0.29, 0.717) is 27.5 Å². The summed E-state index contributed by atoms with van der Waals surface area (Å²) < 4.78 is 5.78. The number of carbonyl (C=O) groups is 1. The van der Waals surface area contributed by atoms with Crippen molar-refractivity contribution in [3.63, 3.8) is 0 Å². The van der Waals surface area contributed by atoms with Crippen LogP contribution in [0.25, 0.3) is 11.3 Å². The molecule has 1 unspecified atom stereocenters.